The molecule has 0 heterocycles. The van der Waals surface area contributed by atoms with E-state index in [1.54, 1.807) is 0 Å². The molecule has 0 aliphatic carbocycles. The fourth-order valence-corrected chi connectivity index (χ4v) is 0. The Morgan fingerprint density at radius 1 is 0.556 bits per heavy atom. The van der Waals surface area contributed by atoms with E-state index in [2.05, 4.69) is 0 Å². The van der Waals surface area contributed by atoms with Crippen LogP contribution in [0.3, 0.4) is 0 Å². The van der Waals surface area contributed by atoms with Crippen molar-refractivity contribution in [3.8, 4) is 0 Å². The molecular formula is H10AlLiO6S. The van der Waals surface area contributed by atoms with Gasteiger partial charge in [0.25, 0.3) is 0 Å². The van der Waals surface area contributed by atoms with Crippen LogP contribution < -0.4 is 18.9 Å². The van der Waals surface area contributed by atoms with Gasteiger partial charge in [0.05, 0.1) is 0 Å². The third kappa shape index (κ3) is 315. The molecule has 0 rings (SSSR count). The topological polar surface area (TPSA) is 183 Å². The molecule has 0 radical (unpaired) electrons. The molecule has 0 atom stereocenters. The average Bonchev–Trinajstić information content (AvgIpc) is 0. The van der Waals surface area contributed by atoms with Crippen molar-refractivity contribution in [3.63, 3.8) is 0 Å². The van der Waals surface area contributed by atoms with Gasteiger partial charge < -0.3 is 32.9 Å². The first-order chi connectivity index (χ1) is 0. The Morgan fingerprint density at radius 3 is 0.556 bits per heavy atom. The zero-order chi connectivity index (χ0) is 0. The standard InChI is InChI=1S/Al.Li.6H2O.H2S/h;;7*1H2/q+3;+1;;;;;;;/p-4. The Balaban J connectivity index is 0. The summed E-state index contributed by atoms with van der Waals surface area (Å²) in [6.07, 6.45) is 0. The summed E-state index contributed by atoms with van der Waals surface area (Å²) >= 11 is 0. The minimum Gasteiger partial charge on any atom is -0.870 e. The van der Waals surface area contributed by atoms with Crippen LogP contribution >= 0.6 is 13.5 Å². The molecule has 8 N–H and O–H groups in total. The second-order valence-electron chi connectivity index (χ2n) is 0. The molecule has 0 aromatic heterocycles. The molecule has 9 heteroatoms. The summed E-state index contributed by atoms with van der Waals surface area (Å²) in [4.78, 5) is 0. The maximum atomic E-state index is 0. The minimum absolute atomic E-state index is 0. The third-order valence-electron chi connectivity index (χ3n) is 0. The molecule has 0 saturated heterocycles. The average molecular weight is 172 g/mol. The van der Waals surface area contributed by atoms with Crippen LogP contribution in [0.15, 0.2) is 0 Å². The smallest absolute Gasteiger partial charge is 0.870 e. The van der Waals surface area contributed by atoms with Crippen molar-refractivity contribution in [1.82, 2.24) is 0 Å². The van der Waals surface area contributed by atoms with Crippen LogP contribution in [-0.4, -0.2) is 50.2 Å². The predicted molar refractivity (Wildman–Crippen MR) is 31.1 cm³/mol. The van der Waals surface area contributed by atoms with Crippen molar-refractivity contribution in [2.24, 2.45) is 0 Å². The quantitative estimate of drug-likeness (QED) is 0.330. The van der Waals surface area contributed by atoms with Gasteiger partial charge in [0.1, 0.15) is 0 Å². The second-order valence-corrected chi connectivity index (χ2v) is 0. The SMILES string of the molecule is O.O.S.[Al+3].[Li+].[OH-].[OH-].[OH-].[OH-]. The first kappa shape index (κ1) is 569. The summed E-state index contributed by atoms with van der Waals surface area (Å²) in [6, 6.07) is 0. The summed E-state index contributed by atoms with van der Waals surface area (Å²) < 4.78 is 0. The van der Waals surface area contributed by atoms with E-state index in [0.717, 1.165) is 0 Å². The van der Waals surface area contributed by atoms with E-state index in [-0.39, 0.29) is 82.6 Å². The molecule has 0 saturated carbocycles. The Hall–Kier alpha value is 1.24. The van der Waals surface area contributed by atoms with Crippen LogP contribution in [-0.2, 0) is 0 Å². The number of hydrogen-bond donors (Lipinski definition) is 0. The first-order valence-electron chi connectivity index (χ1n) is 0. The van der Waals surface area contributed by atoms with E-state index in [1.165, 1.54) is 0 Å². The fraction of sp³-hybridized carbons (Fsp3) is 0. The van der Waals surface area contributed by atoms with Crippen LogP contribution in [0.5, 0.6) is 0 Å². The van der Waals surface area contributed by atoms with Crippen molar-refractivity contribution >= 4 is 30.9 Å². The Morgan fingerprint density at radius 2 is 0.556 bits per heavy atom. The number of rotatable bonds is 0. The van der Waals surface area contributed by atoms with E-state index in [9.17, 15) is 0 Å². The van der Waals surface area contributed by atoms with E-state index in [0.29, 0.717) is 0 Å². The molecule has 0 fully saturated rings. The summed E-state index contributed by atoms with van der Waals surface area (Å²) in [5, 5.41) is 0. The van der Waals surface area contributed by atoms with Crippen LogP contribution in [0.4, 0.5) is 0 Å². The van der Waals surface area contributed by atoms with Gasteiger partial charge in [-0.25, -0.2) is 0 Å². The van der Waals surface area contributed by atoms with Gasteiger partial charge in [-0.2, -0.15) is 13.5 Å². The van der Waals surface area contributed by atoms with Crippen molar-refractivity contribution in [2.45, 2.75) is 0 Å². The first-order valence-corrected chi connectivity index (χ1v) is 0. The number of hydrogen-bond acceptors (Lipinski definition) is 4. The van der Waals surface area contributed by atoms with Gasteiger partial charge in [-0.1, -0.05) is 0 Å². The molecule has 0 aromatic rings. The van der Waals surface area contributed by atoms with Crippen molar-refractivity contribution in [3.05, 3.63) is 0 Å². The largest absolute Gasteiger partial charge is 3.00 e. The van der Waals surface area contributed by atoms with Crippen LogP contribution in [0, 0.1) is 0 Å². The molecule has 9 heavy (non-hydrogen) atoms. The van der Waals surface area contributed by atoms with E-state index in [1.807, 2.05) is 0 Å². The molecule has 0 bridgehead atoms. The Bertz CT molecular complexity index is 13.0. The van der Waals surface area contributed by atoms with Gasteiger partial charge in [-0.05, 0) is 0 Å². The van der Waals surface area contributed by atoms with Crippen LogP contribution in [0.25, 0.3) is 0 Å². The summed E-state index contributed by atoms with van der Waals surface area (Å²) in [7, 11) is 0. The predicted octanol–water partition coefficient (Wildman–Crippen LogP) is -5.62. The maximum Gasteiger partial charge on any atom is 3.00 e. The van der Waals surface area contributed by atoms with Gasteiger partial charge >= 0.3 is 36.2 Å². The molecule has 0 amide bonds. The van der Waals surface area contributed by atoms with Gasteiger partial charge in [-0.3, -0.25) is 0 Å². The summed E-state index contributed by atoms with van der Waals surface area (Å²) in [6.45, 7) is 0. The monoisotopic (exact) mass is 172 g/mol. The summed E-state index contributed by atoms with van der Waals surface area (Å²) in [5.74, 6) is 0. The summed E-state index contributed by atoms with van der Waals surface area (Å²) in [5.41, 5.74) is 0. The van der Waals surface area contributed by atoms with Crippen molar-refractivity contribution in [1.29, 1.82) is 0 Å². The molecular weight excluding hydrogens is 162 g/mol. The Labute approximate surface area is 82.6 Å². The van der Waals surface area contributed by atoms with Gasteiger partial charge in [0.15, 0.2) is 0 Å². The van der Waals surface area contributed by atoms with E-state index in [4.69, 9.17) is 0 Å². The Kier molecular flexibility index (Phi) is 25800. The van der Waals surface area contributed by atoms with Crippen LogP contribution in [0.1, 0.15) is 0 Å². The zero-order valence-electron chi connectivity index (χ0n) is 4.87. The normalized spacial score (nSPS) is 0. The van der Waals surface area contributed by atoms with Gasteiger partial charge in [0.2, 0.25) is 0 Å². The molecule has 56 valence electrons. The molecule has 0 aromatic carbocycles. The minimum atomic E-state index is 0. The zero-order valence-corrected chi connectivity index (χ0v) is 7.02. The molecule has 0 aliphatic heterocycles. The molecule has 0 aliphatic rings. The second kappa shape index (κ2) is 408. The third-order valence-corrected chi connectivity index (χ3v) is 0. The van der Waals surface area contributed by atoms with Gasteiger partial charge in [-0.15, -0.1) is 0 Å². The van der Waals surface area contributed by atoms with Crippen molar-refractivity contribution in [2.75, 3.05) is 0 Å². The van der Waals surface area contributed by atoms with E-state index >= 15 is 0 Å². The fourth-order valence-electron chi connectivity index (χ4n) is 0. The van der Waals surface area contributed by atoms with Crippen molar-refractivity contribution < 1.29 is 51.7 Å². The van der Waals surface area contributed by atoms with Gasteiger partial charge in [0, 0.05) is 0 Å². The molecule has 0 unspecified atom stereocenters. The van der Waals surface area contributed by atoms with Crippen LogP contribution in [0.2, 0.25) is 0 Å². The molecule has 0 spiro atoms. The molecule has 6 nitrogen and oxygen atoms in total. The maximum absolute atomic E-state index is 0. The van der Waals surface area contributed by atoms with E-state index < -0.39 is 0 Å².